The first-order valence-electron chi connectivity index (χ1n) is 11.6. The minimum atomic E-state index is -0.252. The lowest BCUT2D eigenvalue weighted by molar-refractivity contribution is -0.114. The fourth-order valence-corrected chi connectivity index (χ4v) is 4.14. The number of ether oxygens (including phenoxy) is 2. The average Bonchev–Trinajstić information content (AvgIpc) is 3.19. The van der Waals surface area contributed by atoms with Gasteiger partial charge in [0, 0.05) is 29.8 Å². The summed E-state index contributed by atoms with van der Waals surface area (Å²) in [6.45, 7) is 6.39. The number of fused-ring (bicyclic) bond motifs is 1. The zero-order chi connectivity index (χ0) is 25.2. The molecule has 0 bridgehead atoms. The van der Waals surface area contributed by atoms with Crippen LogP contribution in [0.4, 0.5) is 11.5 Å². The van der Waals surface area contributed by atoms with Gasteiger partial charge in [0.1, 0.15) is 19.0 Å². The van der Waals surface area contributed by atoms with Gasteiger partial charge in [0.05, 0.1) is 11.4 Å². The quantitative estimate of drug-likeness (QED) is 0.411. The van der Waals surface area contributed by atoms with Crippen LogP contribution in [0, 0.1) is 13.8 Å². The number of carbonyl (C=O) groups excluding carboxylic acids is 2. The van der Waals surface area contributed by atoms with E-state index in [0.717, 1.165) is 28.1 Å². The minimum Gasteiger partial charge on any atom is -0.486 e. The Morgan fingerprint density at radius 1 is 0.861 bits per heavy atom. The van der Waals surface area contributed by atoms with Crippen LogP contribution in [0.5, 0.6) is 11.5 Å². The lowest BCUT2D eigenvalue weighted by Crippen LogP contribution is -2.16. The molecule has 8 heteroatoms. The molecule has 0 fully saturated rings. The van der Waals surface area contributed by atoms with Gasteiger partial charge in [0.15, 0.2) is 11.5 Å². The molecule has 0 radical (unpaired) electrons. The number of carbonyl (C=O) groups is 2. The van der Waals surface area contributed by atoms with Gasteiger partial charge < -0.3 is 20.1 Å². The second kappa shape index (κ2) is 9.58. The molecule has 1 aliphatic heterocycles. The van der Waals surface area contributed by atoms with E-state index in [1.54, 1.807) is 47.1 Å². The van der Waals surface area contributed by atoms with Crippen molar-refractivity contribution in [2.45, 2.75) is 20.8 Å². The third-order valence-corrected chi connectivity index (χ3v) is 5.87. The van der Waals surface area contributed by atoms with E-state index < -0.39 is 0 Å². The number of rotatable bonds is 5. The monoisotopic (exact) mass is 482 g/mol. The van der Waals surface area contributed by atoms with Crippen molar-refractivity contribution in [3.63, 3.8) is 0 Å². The van der Waals surface area contributed by atoms with Gasteiger partial charge in [-0.3, -0.25) is 9.59 Å². The highest BCUT2D eigenvalue weighted by Gasteiger charge is 2.20. The van der Waals surface area contributed by atoms with E-state index in [2.05, 4.69) is 10.6 Å². The van der Waals surface area contributed by atoms with E-state index in [9.17, 15) is 9.59 Å². The van der Waals surface area contributed by atoms with Crippen LogP contribution in [0.3, 0.4) is 0 Å². The first-order valence-corrected chi connectivity index (χ1v) is 11.6. The van der Waals surface area contributed by atoms with E-state index in [0.29, 0.717) is 41.8 Å². The molecule has 182 valence electrons. The molecule has 1 aromatic heterocycles. The molecule has 1 aliphatic rings. The van der Waals surface area contributed by atoms with Crippen molar-refractivity contribution in [2.24, 2.45) is 0 Å². The maximum atomic E-state index is 12.9. The first-order chi connectivity index (χ1) is 17.4. The summed E-state index contributed by atoms with van der Waals surface area (Å²) in [4.78, 5) is 24.9. The predicted molar refractivity (Wildman–Crippen MR) is 138 cm³/mol. The topological polar surface area (TPSA) is 94.5 Å². The summed E-state index contributed by atoms with van der Waals surface area (Å²) in [6, 6.07) is 20.4. The molecule has 0 saturated carbocycles. The summed E-state index contributed by atoms with van der Waals surface area (Å²) in [5.41, 5.74) is 5.56. The summed E-state index contributed by atoms with van der Waals surface area (Å²) in [7, 11) is 0. The molecule has 0 saturated heterocycles. The average molecular weight is 483 g/mol. The molecule has 5 rings (SSSR count). The predicted octanol–water partition coefficient (Wildman–Crippen LogP) is 5.14. The molecule has 0 atom stereocenters. The molecule has 4 aromatic rings. The number of nitrogens with zero attached hydrogens (tertiary/aromatic N) is 2. The van der Waals surface area contributed by atoms with Crippen LogP contribution in [0.2, 0.25) is 0 Å². The molecule has 0 unspecified atom stereocenters. The van der Waals surface area contributed by atoms with Gasteiger partial charge in [-0.2, -0.15) is 5.10 Å². The normalized spacial score (nSPS) is 12.2. The second-order valence-electron chi connectivity index (χ2n) is 8.63. The Kier molecular flexibility index (Phi) is 6.16. The van der Waals surface area contributed by atoms with Crippen LogP contribution >= 0.6 is 0 Å². The molecule has 36 heavy (non-hydrogen) atoms. The minimum absolute atomic E-state index is 0.195. The van der Waals surface area contributed by atoms with E-state index in [1.807, 2.05) is 38.1 Å². The molecular weight excluding hydrogens is 456 g/mol. The van der Waals surface area contributed by atoms with Crippen LogP contribution < -0.4 is 20.1 Å². The van der Waals surface area contributed by atoms with E-state index in [-0.39, 0.29) is 11.8 Å². The molecule has 3 aromatic carbocycles. The number of hydrogen-bond acceptors (Lipinski definition) is 5. The molecule has 2 amide bonds. The maximum Gasteiger partial charge on any atom is 0.255 e. The summed E-state index contributed by atoms with van der Waals surface area (Å²) in [5, 5.41) is 10.5. The Morgan fingerprint density at radius 2 is 1.56 bits per heavy atom. The number of nitrogens with one attached hydrogen (secondary N) is 2. The van der Waals surface area contributed by atoms with Gasteiger partial charge in [-0.15, -0.1) is 0 Å². The van der Waals surface area contributed by atoms with Crippen molar-refractivity contribution < 1.29 is 19.1 Å². The Hall–Kier alpha value is -4.59. The number of aromatic nitrogens is 2. The third-order valence-electron chi connectivity index (χ3n) is 5.87. The Bertz CT molecular complexity index is 1440. The fraction of sp³-hybridized carbons (Fsp3) is 0.179. The maximum absolute atomic E-state index is 12.9. The largest absolute Gasteiger partial charge is 0.486 e. The van der Waals surface area contributed by atoms with E-state index in [1.165, 1.54) is 6.92 Å². The van der Waals surface area contributed by atoms with Crippen molar-refractivity contribution in [3.05, 3.63) is 83.6 Å². The highest BCUT2D eigenvalue weighted by molar-refractivity contribution is 6.04. The van der Waals surface area contributed by atoms with Gasteiger partial charge in [-0.25, -0.2) is 4.68 Å². The van der Waals surface area contributed by atoms with Crippen LogP contribution in [-0.2, 0) is 4.79 Å². The lowest BCUT2D eigenvalue weighted by Gasteiger charge is -2.19. The Balaban J connectivity index is 1.42. The standard InChI is InChI=1S/C28H26N4O4/c1-17-4-6-20(7-5-17)26-18(2)31-32(27(26)29-19(3)33)23-11-8-21(9-12-23)28(34)30-22-10-13-24-25(16-22)36-15-14-35-24/h4-13,16H,14-15H2,1-3H3,(H,29,33)(H,30,34). The number of benzene rings is 3. The zero-order valence-electron chi connectivity index (χ0n) is 20.3. The van der Waals surface area contributed by atoms with Crippen molar-refractivity contribution in [3.8, 4) is 28.3 Å². The third kappa shape index (κ3) is 4.65. The SMILES string of the molecule is CC(=O)Nc1c(-c2ccc(C)cc2)c(C)nn1-c1ccc(C(=O)Nc2ccc3c(c2)OCCO3)cc1. The van der Waals surface area contributed by atoms with Crippen LogP contribution in [0.1, 0.15) is 28.5 Å². The van der Waals surface area contributed by atoms with Gasteiger partial charge in [-0.1, -0.05) is 29.8 Å². The molecule has 2 heterocycles. The summed E-state index contributed by atoms with van der Waals surface area (Å²) >= 11 is 0. The summed E-state index contributed by atoms with van der Waals surface area (Å²) in [6.07, 6.45) is 0. The lowest BCUT2D eigenvalue weighted by atomic mass is 10.0. The highest BCUT2D eigenvalue weighted by atomic mass is 16.6. The van der Waals surface area contributed by atoms with E-state index >= 15 is 0 Å². The number of amides is 2. The zero-order valence-corrected chi connectivity index (χ0v) is 20.3. The van der Waals surface area contributed by atoms with Gasteiger partial charge in [0.2, 0.25) is 5.91 Å². The van der Waals surface area contributed by atoms with Crippen LogP contribution in [-0.4, -0.2) is 34.8 Å². The van der Waals surface area contributed by atoms with Crippen molar-refractivity contribution >= 4 is 23.3 Å². The molecule has 0 spiro atoms. The van der Waals surface area contributed by atoms with Crippen molar-refractivity contribution in [2.75, 3.05) is 23.8 Å². The van der Waals surface area contributed by atoms with Gasteiger partial charge in [-0.05, 0) is 55.8 Å². The summed E-state index contributed by atoms with van der Waals surface area (Å²) < 4.78 is 12.8. The Morgan fingerprint density at radius 3 is 2.25 bits per heavy atom. The summed E-state index contributed by atoms with van der Waals surface area (Å²) in [5.74, 6) is 1.41. The van der Waals surface area contributed by atoms with Gasteiger partial charge in [0.25, 0.3) is 5.91 Å². The molecular formula is C28H26N4O4. The smallest absolute Gasteiger partial charge is 0.255 e. The highest BCUT2D eigenvalue weighted by Crippen LogP contribution is 2.34. The van der Waals surface area contributed by atoms with Crippen molar-refractivity contribution in [1.82, 2.24) is 9.78 Å². The van der Waals surface area contributed by atoms with Crippen molar-refractivity contribution in [1.29, 1.82) is 0 Å². The van der Waals surface area contributed by atoms with Gasteiger partial charge >= 0.3 is 0 Å². The van der Waals surface area contributed by atoms with Crippen LogP contribution in [0.25, 0.3) is 16.8 Å². The molecule has 2 N–H and O–H groups in total. The molecule has 0 aliphatic carbocycles. The number of aryl methyl sites for hydroxylation is 2. The first kappa shape index (κ1) is 23.2. The fourth-order valence-electron chi connectivity index (χ4n) is 4.14. The second-order valence-corrected chi connectivity index (χ2v) is 8.63. The van der Waals surface area contributed by atoms with E-state index in [4.69, 9.17) is 14.6 Å². The molecule has 8 nitrogen and oxygen atoms in total. The Labute approximate surface area is 208 Å². The van der Waals surface area contributed by atoms with Crippen LogP contribution in [0.15, 0.2) is 66.7 Å². The number of hydrogen-bond donors (Lipinski definition) is 2. The number of anilines is 2.